The van der Waals surface area contributed by atoms with Crippen molar-refractivity contribution in [3.8, 4) is 0 Å². The first kappa shape index (κ1) is 20.9. The van der Waals surface area contributed by atoms with Crippen LogP contribution in [0.2, 0.25) is 0 Å². The van der Waals surface area contributed by atoms with Crippen molar-refractivity contribution in [1.29, 1.82) is 0 Å². The predicted molar refractivity (Wildman–Crippen MR) is 128 cm³/mol. The fraction of sp³-hybridized carbons (Fsp3) is 0.259. The molecule has 31 heavy (non-hydrogen) atoms. The van der Waals surface area contributed by atoms with Crippen LogP contribution in [0.3, 0.4) is 0 Å². The molecule has 1 atom stereocenters. The Labute approximate surface area is 184 Å². The number of carbonyl (C=O) groups excluding carboxylic acids is 1. The van der Waals surface area contributed by atoms with Crippen molar-refractivity contribution in [1.82, 2.24) is 5.43 Å². The number of nitrogens with one attached hydrogen (secondary N) is 1. The van der Waals surface area contributed by atoms with Gasteiger partial charge in [-0.2, -0.15) is 5.10 Å². The Morgan fingerprint density at radius 2 is 1.55 bits per heavy atom. The third-order valence-electron chi connectivity index (χ3n) is 6.14. The van der Waals surface area contributed by atoms with E-state index in [1.165, 1.54) is 22.3 Å². The van der Waals surface area contributed by atoms with Crippen molar-refractivity contribution in [3.05, 3.63) is 101 Å². The van der Waals surface area contributed by atoms with Gasteiger partial charge in [-0.25, -0.2) is 5.43 Å². The molecule has 0 unspecified atom stereocenters. The molecule has 0 aromatic heterocycles. The summed E-state index contributed by atoms with van der Waals surface area (Å²) < 4.78 is 0. The minimum absolute atomic E-state index is 0.0378. The highest BCUT2D eigenvalue weighted by atomic mass is 16.2. The largest absolute Gasteiger partial charge is 0.378 e. The number of hydrazone groups is 1. The van der Waals surface area contributed by atoms with Gasteiger partial charge in [0.15, 0.2) is 0 Å². The molecule has 1 fully saturated rings. The number of benzene rings is 3. The normalized spacial score (nSPS) is 16.8. The topological polar surface area (TPSA) is 44.7 Å². The fourth-order valence-electron chi connectivity index (χ4n) is 4.34. The molecule has 158 valence electrons. The molecule has 1 amide bonds. The smallest absolute Gasteiger partial charge is 0.244 e. The minimum atomic E-state index is -0.287. The van der Waals surface area contributed by atoms with E-state index >= 15 is 0 Å². The highest BCUT2D eigenvalue weighted by molar-refractivity contribution is 5.88. The van der Waals surface area contributed by atoms with Crippen LogP contribution in [0.15, 0.2) is 77.9 Å². The first-order chi connectivity index (χ1) is 14.9. The number of rotatable bonds is 6. The van der Waals surface area contributed by atoms with Crippen molar-refractivity contribution in [2.45, 2.75) is 25.7 Å². The maximum Gasteiger partial charge on any atom is 0.244 e. The zero-order valence-corrected chi connectivity index (χ0v) is 18.6. The Kier molecular flexibility index (Phi) is 5.64. The summed E-state index contributed by atoms with van der Waals surface area (Å²) >= 11 is 0. The second-order valence-corrected chi connectivity index (χ2v) is 8.69. The van der Waals surface area contributed by atoms with E-state index < -0.39 is 0 Å². The molecule has 1 aliphatic rings. The maximum atomic E-state index is 13.0. The molecule has 0 spiro atoms. The van der Waals surface area contributed by atoms with E-state index in [0.717, 1.165) is 17.7 Å². The average molecular weight is 412 g/mol. The van der Waals surface area contributed by atoms with Gasteiger partial charge in [0.05, 0.1) is 12.1 Å². The summed E-state index contributed by atoms with van der Waals surface area (Å²) in [6.45, 7) is 4.19. The number of amides is 1. The SMILES string of the molecule is Cc1cccc(C2(c3cccc(C)c3)C[C@H]2C(=O)NN=Cc2ccc(N(C)C)cc2)c1. The van der Waals surface area contributed by atoms with Gasteiger partial charge in [0, 0.05) is 25.2 Å². The third-order valence-corrected chi connectivity index (χ3v) is 6.14. The molecule has 1 N–H and O–H groups in total. The standard InChI is InChI=1S/C27H29N3O/c1-19-7-5-9-22(15-19)27(23-10-6-8-20(2)16-23)17-25(27)26(31)29-28-18-21-11-13-24(14-12-21)30(3)4/h5-16,18,25H,17H2,1-4H3,(H,29,31)/t25-/m0/s1. The molecule has 0 saturated heterocycles. The molecule has 4 nitrogen and oxygen atoms in total. The Bertz CT molecular complexity index is 1070. The molecule has 0 aliphatic heterocycles. The van der Waals surface area contributed by atoms with Crippen LogP contribution in [0, 0.1) is 19.8 Å². The van der Waals surface area contributed by atoms with Gasteiger partial charge in [-0.15, -0.1) is 0 Å². The highest BCUT2D eigenvalue weighted by Gasteiger charge is 2.60. The highest BCUT2D eigenvalue weighted by Crippen LogP contribution is 2.59. The van der Waals surface area contributed by atoms with E-state index in [9.17, 15) is 4.79 Å². The molecule has 4 rings (SSSR count). The van der Waals surface area contributed by atoms with Gasteiger partial charge in [0.2, 0.25) is 5.91 Å². The average Bonchev–Trinajstić information content (AvgIpc) is 3.51. The van der Waals surface area contributed by atoms with Crippen LogP contribution in [-0.2, 0) is 10.2 Å². The lowest BCUT2D eigenvalue weighted by Crippen LogP contribution is -2.25. The predicted octanol–water partition coefficient (Wildman–Crippen LogP) is 4.83. The van der Waals surface area contributed by atoms with E-state index in [4.69, 9.17) is 0 Å². The lowest BCUT2D eigenvalue weighted by molar-refractivity contribution is -0.122. The zero-order valence-electron chi connectivity index (χ0n) is 18.6. The van der Waals surface area contributed by atoms with Crippen LogP contribution in [0.4, 0.5) is 5.69 Å². The first-order valence-electron chi connectivity index (χ1n) is 10.6. The monoisotopic (exact) mass is 411 g/mol. The lowest BCUT2D eigenvalue weighted by Gasteiger charge is -2.19. The Balaban J connectivity index is 1.53. The van der Waals surface area contributed by atoms with Crippen LogP contribution in [0.1, 0.15) is 34.2 Å². The molecule has 4 heteroatoms. The van der Waals surface area contributed by atoms with Crippen LogP contribution in [-0.4, -0.2) is 26.2 Å². The number of nitrogens with zero attached hydrogens (tertiary/aromatic N) is 2. The van der Waals surface area contributed by atoms with E-state index in [1.54, 1.807) is 6.21 Å². The van der Waals surface area contributed by atoms with Gasteiger partial charge >= 0.3 is 0 Å². The third kappa shape index (κ3) is 4.24. The van der Waals surface area contributed by atoms with E-state index in [1.807, 2.05) is 43.3 Å². The van der Waals surface area contributed by atoms with Gasteiger partial charge in [0.1, 0.15) is 0 Å². The molecule has 1 aliphatic carbocycles. The van der Waals surface area contributed by atoms with Crippen LogP contribution >= 0.6 is 0 Å². The maximum absolute atomic E-state index is 13.0. The first-order valence-corrected chi connectivity index (χ1v) is 10.6. The van der Waals surface area contributed by atoms with Crippen molar-refractivity contribution >= 4 is 17.8 Å². The summed E-state index contributed by atoms with van der Waals surface area (Å²) in [5.74, 6) is -0.173. The molecule has 0 radical (unpaired) electrons. The summed E-state index contributed by atoms with van der Waals surface area (Å²) in [4.78, 5) is 15.1. The Hall–Kier alpha value is -3.40. The van der Waals surface area contributed by atoms with Gasteiger partial charge in [-0.1, -0.05) is 71.8 Å². The Morgan fingerprint density at radius 3 is 2.06 bits per heavy atom. The lowest BCUT2D eigenvalue weighted by atomic mass is 9.84. The van der Waals surface area contributed by atoms with Gasteiger partial charge < -0.3 is 4.90 Å². The molecule has 3 aromatic rings. The zero-order chi connectivity index (χ0) is 22.0. The summed E-state index contributed by atoms with van der Waals surface area (Å²) in [6.07, 6.45) is 2.49. The van der Waals surface area contributed by atoms with Crippen LogP contribution in [0.25, 0.3) is 0 Å². The molecule has 0 heterocycles. The van der Waals surface area contributed by atoms with Crippen molar-refractivity contribution in [2.75, 3.05) is 19.0 Å². The minimum Gasteiger partial charge on any atom is -0.378 e. The second kappa shape index (κ2) is 8.38. The van der Waals surface area contributed by atoms with Crippen LogP contribution < -0.4 is 10.3 Å². The number of anilines is 1. The molecule has 3 aromatic carbocycles. The number of hydrogen-bond acceptors (Lipinski definition) is 3. The number of hydrogen-bond donors (Lipinski definition) is 1. The van der Waals surface area contributed by atoms with Gasteiger partial charge in [-0.3, -0.25) is 4.79 Å². The van der Waals surface area contributed by atoms with Gasteiger partial charge in [0.25, 0.3) is 0 Å². The summed E-state index contributed by atoms with van der Waals surface area (Å²) in [5.41, 5.74) is 9.36. The molecular formula is C27H29N3O. The van der Waals surface area contributed by atoms with Gasteiger partial charge in [-0.05, 0) is 49.1 Å². The van der Waals surface area contributed by atoms with Crippen molar-refractivity contribution in [2.24, 2.45) is 11.0 Å². The molecule has 1 saturated carbocycles. The molecular weight excluding hydrogens is 382 g/mol. The van der Waals surface area contributed by atoms with E-state index in [0.29, 0.717) is 0 Å². The summed E-state index contributed by atoms with van der Waals surface area (Å²) in [6, 6.07) is 25.1. The van der Waals surface area contributed by atoms with Crippen molar-refractivity contribution < 1.29 is 4.79 Å². The van der Waals surface area contributed by atoms with Crippen LogP contribution in [0.5, 0.6) is 0 Å². The second-order valence-electron chi connectivity index (χ2n) is 8.69. The van der Waals surface area contributed by atoms with E-state index in [-0.39, 0.29) is 17.2 Å². The van der Waals surface area contributed by atoms with Crippen molar-refractivity contribution in [3.63, 3.8) is 0 Å². The quantitative estimate of drug-likeness (QED) is 0.467. The molecule has 0 bridgehead atoms. The number of aryl methyl sites for hydroxylation is 2. The van der Waals surface area contributed by atoms with E-state index in [2.05, 4.69) is 72.9 Å². The fourth-order valence-corrected chi connectivity index (χ4v) is 4.34. The Morgan fingerprint density at radius 1 is 0.968 bits per heavy atom. The number of carbonyl (C=O) groups is 1. The summed E-state index contributed by atoms with van der Waals surface area (Å²) in [5, 5.41) is 4.23. The summed E-state index contributed by atoms with van der Waals surface area (Å²) in [7, 11) is 4.02.